The van der Waals surface area contributed by atoms with E-state index in [1.54, 1.807) is 0 Å². The summed E-state index contributed by atoms with van der Waals surface area (Å²) in [7, 11) is -2.58. The normalized spacial score (nSPS) is 12.6. The van der Waals surface area contributed by atoms with Crippen molar-refractivity contribution < 1.29 is 9.11 Å². The van der Waals surface area contributed by atoms with E-state index >= 15 is 0 Å². The van der Waals surface area contributed by atoms with E-state index in [9.17, 15) is 9.11 Å². The minimum Gasteiger partial charge on any atom is -0.317 e. The molecule has 6 heteroatoms. The molecule has 0 aromatic rings. The Bertz CT molecular complexity index is 269. The molecule has 0 aliphatic heterocycles. The van der Waals surface area contributed by atoms with Crippen molar-refractivity contribution >= 4 is 10.8 Å². The SMILES string of the molecule is CCCCCCCCCCS(O)(O)NCCCNCCCNCCC. The summed E-state index contributed by atoms with van der Waals surface area (Å²) in [5.74, 6) is 0.498. The summed E-state index contributed by atoms with van der Waals surface area (Å²) in [5, 5.41) is 6.78. The highest BCUT2D eigenvalue weighted by molar-refractivity contribution is 8.22. The van der Waals surface area contributed by atoms with Crippen LogP contribution in [0.5, 0.6) is 0 Å². The Kier molecular flexibility index (Phi) is 19.0. The van der Waals surface area contributed by atoms with E-state index in [-0.39, 0.29) is 0 Å². The fourth-order valence-corrected chi connectivity index (χ4v) is 3.95. The van der Waals surface area contributed by atoms with Crippen LogP contribution in [-0.4, -0.2) is 47.6 Å². The van der Waals surface area contributed by atoms with Gasteiger partial charge >= 0.3 is 0 Å². The number of unbranched alkanes of at least 4 members (excludes halogenated alkanes) is 7. The summed E-state index contributed by atoms with van der Waals surface area (Å²) in [5.41, 5.74) is 0. The molecule has 5 N–H and O–H groups in total. The standard InChI is InChI=1S/C19H45N3O2S/c1-3-5-6-7-8-9-10-11-19-25(23,24)22-18-13-17-21-16-12-15-20-14-4-2/h20-24H,3-19H2,1-2H3. The molecule has 0 aliphatic rings. The Morgan fingerprint density at radius 3 is 1.68 bits per heavy atom. The van der Waals surface area contributed by atoms with Crippen LogP contribution in [0.2, 0.25) is 0 Å². The van der Waals surface area contributed by atoms with Crippen molar-refractivity contribution in [1.29, 1.82) is 0 Å². The summed E-state index contributed by atoms with van der Waals surface area (Å²) < 4.78 is 23.0. The van der Waals surface area contributed by atoms with Gasteiger partial charge in [-0.1, -0.05) is 58.8 Å². The maximum absolute atomic E-state index is 10.0. The Morgan fingerprint density at radius 2 is 1.08 bits per heavy atom. The maximum atomic E-state index is 10.0. The minimum atomic E-state index is -2.58. The topological polar surface area (TPSA) is 76.5 Å². The first kappa shape index (κ1) is 25.1. The third-order valence-corrected chi connectivity index (χ3v) is 5.80. The maximum Gasteiger partial charge on any atom is 0.0528 e. The van der Waals surface area contributed by atoms with Crippen molar-refractivity contribution in [1.82, 2.24) is 15.4 Å². The summed E-state index contributed by atoms with van der Waals surface area (Å²) in [6.45, 7) is 9.19. The average molecular weight is 380 g/mol. The number of hydrogen-bond acceptors (Lipinski definition) is 5. The van der Waals surface area contributed by atoms with Gasteiger partial charge in [0.05, 0.1) is 5.75 Å². The predicted octanol–water partition coefficient (Wildman–Crippen LogP) is 4.75. The van der Waals surface area contributed by atoms with Crippen LogP contribution >= 0.6 is 10.8 Å². The lowest BCUT2D eigenvalue weighted by Gasteiger charge is -2.33. The highest BCUT2D eigenvalue weighted by Gasteiger charge is 2.09. The number of rotatable bonds is 20. The predicted molar refractivity (Wildman–Crippen MR) is 114 cm³/mol. The van der Waals surface area contributed by atoms with Crippen LogP contribution in [0.15, 0.2) is 0 Å². The van der Waals surface area contributed by atoms with E-state index in [1.807, 2.05) is 0 Å². The van der Waals surface area contributed by atoms with Gasteiger partial charge in [0.15, 0.2) is 0 Å². The zero-order chi connectivity index (χ0) is 18.6. The molecule has 0 atom stereocenters. The summed E-state index contributed by atoms with van der Waals surface area (Å²) in [4.78, 5) is 0. The second-order valence-electron chi connectivity index (χ2n) is 6.95. The molecule has 0 unspecified atom stereocenters. The van der Waals surface area contributed by atoms with Gasteiger partial charge in [-0.2, -0.15) is 0 Å². The second-order valence-corrected chi connectivity index (χ2v) is 8.98. The molecule has 0 aromatic heterocycles. The highest BCUT2D eigenvalue weighted by atomic mass is 32.3. The van der Waals surface area contributed by atoms with Crippen molar-refractivity contribution in [3.8, 4) is 0 Å². The summed E-state index contributed by atoms with van der Waals surface area (Å²) in [6.07, 6.45) is 13.1. The smallest absolute Gasteiger partial charge is 0.0528 e. The van der Waals surface area contributed by atoms with Crippen molar-refractivity contribution in [2.75, 3.05) is 38.5 Å². The van der Waals surface area contributed by atoms with E-state index in [4.69, 9.17) is 0 Å². The highest BCUT2D eigenvalue weighted by Crippen LogP contribution is 2.34. The molecule has 0 saturated heterocycles. The second kappa shape index (κ2) is 18.9. The molecule has 0 spiro atoms. The van der Waals surface area contributed by atoms with Crippen molar-refractivity contribution in [3.63, 3.8) is 0 Å². The Balaban J connectivity index is 3.32. The zero-order valence-electron chi connectivity index (χ0n) is 16.8. The van der Waals surface area contributed by atoms with E-state index in [2.05, 4.69) is 29.2 Å². The van der Waals surface area contributed by atoms with E-state index in [1.165, 1.54) is 44.9 Å². The van der Waals surface area contributed by atoms with Crippen molar-refractivity contribution in [2.45, 2.75) is 84.5 Å². The lowest BCUT2D eigenvalue weighted by atomic mass is 10.1. The first-order valence-corrected chi connectivity index (χ1v) is 12.3. The third kappa shape index (κ3) is 20.3. The summed E-state index contributed by atoms with van der Waals surface area (Å²) >= 11 is 0. The third-order valence-electron chi connectivity index (χ3n) is 4.28. The number of hydrogen-bond donors (Lipinski definition) is 5. The monoisotopic (exact) mass is 379 g/mol. The molecular weight excluding hydrogens is 334 g/mol. The van der Waals surface area contributed by atoms with Gasteiger partial charge in [-0.3, -0.25) is 9.11 Å². The molecule has 0 aliphatic carbocycles. The largest absolute Gasteiger partial charge is 0.317 e. The molecule has 0 fully saturated rings. The molecule has 0 amide bonds. The van der Waals surface area contributed by atoms with E-state index in [0.29, 0.717) is 12.3 Å². The summed E-state index contributed by atoms with van der Waals surface area (Å²) in [6, 6.07) is 0. The molecule has 0 radical (unpaired) electrons. The van der Waals surface area contributed by atoms with Gasteiger partial charge in [0.2, 0.25) is 0 Å². The van der Waals surface area contributed by atoms with E-state index < -0.39 is 10.8 Å². The zero-order valence-corrected chi connectivity index (χ0v) is 17.6. The number of nitrogens with one attached hydrogen (secondary N) is 3. The van der Waals surface area contributed by atoms with Gasteiger partial charge < -0.3 is 10.6 Å². The van der Waals surface area contributed by atoms with Gasteiger partial charge in [0.25, 0.3) is 0 Å². The first-order valence-electron chi connectivity index (χ1n) is 10.5. The van der Waals surface area contributed by atoms with Crippen LogP contribution < -0.4 is 15.4 Å². The lowest BCUT2D eigenvalue weighted by Crippen LogP contribution is -2.27. The van der Waals surface area contributed by atoms with Gasteiger partial charge in [-0.05, 0) is 51.9 Å². The van der Waals surface area contributed by atoms with Gasteiger partial charge in [-0.15, -0.1) is 10.8 Å². The molecule has 154 valence electrons. The Hall–Kier alpha value is 0.150. The molecule has 0 heterocycles. The fourth-order valence-electron chi connectivity index (χ4n) is 2.72. The minimum absolute atomic E-state index is 0.498. The Morgan fingerprint density at radius 1 is 0.560 bits per heavy atom. The Labute approximate surface area is 158 Å². The lowest BCUT2D eigenvalue weighted by molar-refractivity contribution is 0.462. The van der Waals surface area contributed by atoms with Crippen LogP contribution in [0, 0.1) is 0 Å². The molecule has 25 heavy (non-hydrogen) atoms. The van der Waals surface area contributed by atoms with Gasteiger partial charge in [-0.25, -0.2) is 4.72 Å². The van der Waals surface area contributed by atoms with Crippen molar-refractivity contribution in [2.24, 2.45) is 0 Å². The molecule has 0 rings (SSSR count). The van der Waals surface area contributed by atoms with Crippen LogP contribution in [-0.2, 0) is 0 Å². The van der Waals surface area contributed by atoms with Crippen LogP contribution in [0.4, 0.5) is 0 Å². The first-order chi connectivity index (χ1) is 12.1. The molecule has 0 bridgehead atoms. The average Bonchev–Trinajstić information content (AvgIpc) is 2.59. The molecule has 0 saturated carbocycles. The van der Waals surface area contributed by atoms with Crippen molar-refractivity contribution in [3.05, 3.63) is 0 Å². The fraction of sp³-hybridized carbons (Fsp3) is 1.00. The van der Waals surface area contributed by atoms with Crippen LogP contribution in [0.1, 0.15) is 84.5 Å². The van der Waals surface area contributed by atoms with E-state index in [0.717, 1.165) is 51.9 Å². The van der Waals surface area contributed by atoms with Crippen LogP contribution in [0.25, 0.3) is 0 Å². The quantitative estimate of drug-likeness (QED) is 0.197. The molecular formula is C19H45N3O2S. The molecule has 0 aromatic carbocycles. The van der Waals surface area contributed by atoms with Gasteiger partial charge in [0.1, 0.15) is 0 Å². The van der Waals surface area contributed by atoms with Crippen LogP contribution in [0.3, 0.4) is 0 Å². The van der Waals surface area contributed by atoms with Gasteiger partial charge in [0, 0.05) is 6.54 Å². The molecule has 5 nitrogen and oxygen atoms in total.